The van der Waals surface area contributed by atoms with Crippen LogP contribution in [0.5, 0.6) is 5.75 Å². The predicted octanol–water partition coefficient (Wildman–Crippen LogP) is 4.15. The standard InChI is InChI=1S/C21H19N3O6S/c1-2-3-10-30-20(27)13-4-6-15(7-5-13)22-21-23-19(26)18(31-21)12-14-11-16(24(28)29)8-9-17(14)25/h4-9,11-12,25H,2-3,10H2,1H3,(H,22,23,26)/b18-12-. The minimum atomic E-state index is -0.584. The fraction of sp³-hybridized carbons (Fsp3) is 0.190. The van der Waals surface area contributed by atoms with Crippen LogP contribution in [0.2, 0.25) is 0 Å². The van der Waals surface area contributed by atoms with Gasteiger partial charge in [0, 0.05) is 17.7 Å². The summed E-state index contributed by atoms with van der Waals surface area (Å²) in [6, 6.07) is 10.00. The van der Waals surface area contributed by atoms with Gasteiger partial charge in [-0.25, -0.2) is 9.79 Å². The Morgan fingerprint density at radius 1 is 1.29 bits per heavy atom. The topological polar surface area (TPSA) is 131 Å². The molecule has 0 bridgehead atoms. The van der Waals surface area contributed by atoms with Gasteiger partial charge in [0.15, 0.2) is 5.17 Å². The number of benzene rings is 2. The lowest BCUT2D eigenvalue weighted by Crippen LogP contribution is -2.19. The van der Waals surface area contributed by atoms with Crippen molar-refractivity contribution in [2.24, 2.45) is 4.99 Å². The molecule has 2 N–H and O–H groups in total. The zero-order valence-corrected chi connectivity index (χ0v) is 17.3. The molecule has 0 saturated carbocycles. The molecule has 0 spiro atoms. The van der Waals surface area contributed by atoms with Gasteiger partial charge in [-0.1, -0.05) is 13.3 Å². The second-order valence-corrected chi connectivity index (χ2v) is 7.55. The van der Waals surface area contributed by atoms with Gasteiger partial charge in [0.2, 0.25) is 0 Å². The van der Waals surface area contributed by atoms with Crippen molar-refractivity contribution >= 4 is 46.3 Å². The number of nitro groups is 1. The number of phenolic OH excluding ortho intramolecular Hbond substituents is 1. The first-order valence-electron chi connectivity index (χ1n) is 9.41. The number of thioether (sulfide) groups is 1. The molecular weight excluding hydrogens is 422 g/mol. The second-order valence-electron chi connectivity index (χ2n) is 6.52. The maximum Gasteiger partial charge on any atom is 0.338 e. The summed E-state index contributed by atoms with van der Waals surface area (Å²) in [4.78, 5) is 39.1. The van der Waals surface area contributed by atoms with E-state index < -0.39 is 16.8 Å². The second kappa shape index (κ2) is 9.90. The maximum absolute atomic E-state index is 12.2. The third-order valence-corrected chi connectivity index (χ3v) is 5.13. The van der Waals surface area contributed by atoms with Crippen molar-refractivity contribution < 1.29 is 24.4 Å². The largest absolute Gasteiger partial charge is 0.507 e. The number of nitrogens with one attached hydrogen (secondary N) is 1. The highest BCUT2D eigenvalue weighted by Gasteiger charge is 2.24. The van der Waals surface area contributed by atoms with Gasteiger partial charge in [-0.3, -0.25) is 14.9 Å². The van der Waals surface area contributed by atoms with Crippen molar-refractivity contribution in [3.8, 4) is 5.75 Å². The van der Waals surface area contributed by atoms with Crippen LogP contribution in [0, 0.1) is 10.1 Å². The summed E-state index contributed by atoms with van der Waals surface area (Å²) in [5.74, 6) is -1.03. The van der Waals surface area contributed by atoms with Gasteiger partial charge in [-0.2, -0.15) is 0 Å². The summed E-state index contributed by atoms with van der Waals surface area (Å²) < 4.78 is 5.15. The minimum absolute atomic E-state index is 0.152. The summed E-state index contributed by atoms with van der Waals surface area (Å²) in [5.41, 5.74) is 0.881. The molecule has 1 aliphatic heterocycles. The van der Waals surface area contributed by atoms with E-state index in [0.717, 1.165) is 24.6 Å². The molecule has 0 unspecified atom stereocenters. The highest BCUT2D eigenvalue weighted by Crippen LogP contribution is 2.31. The molecule has 0 atom stereocenters. The quantitative estimate of drug-likeness (QED) is 0.217. The molecule has 1 aliphatic rings. The Kier molecular flexibility index (Phi) is 7.03. The molecule has 160 valence electrons. The van der Waals surface area contributed by atoms with Gasteiger partial charge in [-0.05, 0) is 54.6 Å². The summed E-state index contributed by atoms with van der Waals surface area (Å²) in [5, 5.41) is 23.8. The van der Waals surface area contributed by atoms with E-state index in [1.54, 1.807) is 24.3 Å². The molecule has 1 heterocycles. The van der Waals surface area contributed by atoms with Crippen LogP contribution < -0.4 is 5.32 Å². The molecule has 3 rings (SSSR count). The van der Waals surface area contributed by atoms with E-state index in [0.29, 0.717) is 23.0 Å². The Labute approximate surface area is 182 Å². The first-order chi connectivity index (χ1) is 14.9. The first kappa shape index (κ1) is 22.0. The number of unbranched alkanes of at least 4 members (excludes halogenated alkanes) is 1. The van der Waals surface area contributed by atoms with Crippen molar-refractivity contribution in [2.75, 3.05) is 6.61 Å². The highest BCUT2D eigenvalue weighted by atomic mass is 32.2. The van der Waals surface area contributed by atoms with Crippen LogP contribution in [0.3, 0.4) is 0 Å². The van der Waals surface area contributed by atoms with Crippen LogP contribution in [-0.2, 0) is 9.53 Å². The number of aliphatic imine (C=N–C) groups is 1. The van der Waals surface area contributed by atoms with Crippen molar-refractivity contribution in [1.29, 1.82) is 0 Å². The van der Waals surface area contributed by atoms with Crippen LogP contribution in [0.1, 0.15) is 35.7 Å². The van der Waals surface area contributed by atoms with Gasteiger partial charge >= 0.3 is 5.97 Å². The molecule has 1 fully saturated rings. The number of amidine groups is 1. The summed E-state index contributed by atoms with van der Waals surface area (Å²) in [7, 11) is 0. The molecule has 2 aromatic carbocycles. The van der Waals surface area contributed by atoms with E-state index in [2.05, 4.69) is 10.3 Å². The van der Waals surface area contributed by atoms with Gasteiger partial charge in [-0.15, -0.1) is 0 Å². The lowest BCUT2D eigenvalue weighted by atomic mass is 10.1. The molecule has 10 heteroatoms. The maximum atomic E-state index is 12.2. The zero-order valence-electron chi connectivity index (χ0n) is 16.5. The summed E-state index contributed by atoms with van der Waals surface area (Å²) >= 11 is 1.03. The smallest absolute Gasteiger partial charge is 0.338 e. The van der Waals surface area contributed by atoms with Crippen LogP contribution in [0.15, 0.2) is 52.4 Å². The Morgan fingerprint density at radius 3 is 2.71 bits per heavy atom. The third kappa shape index (κ3) is 5.70. The molecule has 0 radical (unpaired) electrons. The molecule has 1 saturated heterocycles. The predicted molar refractivity (Wildman–Crippen MR) is 117 cm³/mol. The highest BCUT2D eigenvalue weighted by molar-refractivity contribution is 8.18. The first-order valence-corrected chi connectivity index (χ1v) is 10.2. The van der Waals surface area contributed by atoms with Crippen LogP contribution >= 0.6 is 11.8 Å². The fourth-order valence-electron chi connectivity index (χ4n) is 2.57. The van der Waals surface area contributed by atoms with Crippen LogP contribution in [0.4, 0.5) is 11.4 Å². The number of carbonyl (C=O) groups excluding carboxylic acids is 2. The van der Waals surface area contributed by atoms with Gasteiger partial charge in [0.25, 0.3) is 11.6 Å². The Balaban J connectivity index is 1.73. The Morgan fingerprint density at radius 2 is 2.03 bits per heavy atom. The third-order valence-electron chi connectivity index (χ3n) is 4.22. The molecule has 0 aromatic heterocycles. The molecular formula is C21H19N3O6S. The van der Waals surface area contributed by atoms with E-state index in [9.17, 15) is 24.8 Å². The lowest BCUT2D eigenvalue weighted by Gasteiger charge is -2.04. The number of carbonyl (C=O) groups is 2. The zero-order chi connectivity index (χ0) is 22.4. The van der Waals surface area contributed by atoms with Gasteiger partial charge in [0.1, 0.15) is 5.75 Å². The normalized spacial score (nSPS) is 15.8. The van der Waals surface area contributed by atoms with Crippen molar-refractivity contribution in [1.82, 2.24) is 5.32 Å². The summed E-state index contributed by atoms with van der Waals surface area (Å²) in [6.07, 6.45) is 3.10. The van der Waals surface area contributed by atoms with Gasteiger partial charge in [0.05, 0.1) is 27.7 Å². The van der Waals surface area contributed by atoms with E-state index in [-0.39, 0.29) is 21.9 Å². The number of non-ortho nitro benzene ring substituents is 1. The van der Waals surface area contributed by atoms with E-state index >= 15 is 0 Å². The van der Waals surface area contributed by atoms with E-state index in [1.165, 1.54) is 24.3 Å². The number of aromatic hydroxyl groups is 1. The minimum Gasteiger partial charge on any atom is -0.507 e. The van der Waals surface area contributed by atoms with Crippen LogP contribution in [-0.4, -0.2) is 33.7 Å². The molecule has 2 aromatic rings. The molecule has 9 nitrogen and oxygen atoms in total. The number of phenols is 1. The average Bonchev–Trinajstić information content (AvgIpc) is 3.08. The average molecular weight is 441 g/mol. The number of hydrogen-bond acceptors (Lipinski definition) is 8. The van der Waals surface area contributed by atoms with Crippen LogP contribution in [0.25, 0.3) is 6.08 Å². The fourth-order valence-corrected chi connectivity index (χ4v) is 3.41. The monoisotopic (exact) mass is 441 g/mol. The molecule has 1 amide bonds. The SMILES string of the molecule is CCCCOC(=O)c1ccc(N=C2NC(=O)/C(=C/c3cc([N+](=O)[O-])ccc3O)S2)cc1. The van der Waals surface area contributed by atoms with Crippen molar-refractivity contribution in [3.05, 3.63) is 68.6 Å². The van der Waals surface area contributed by atoms with Gasteiger partial charge < -0.3 is 15.2 Å². The number of esters is 1. The van der Waals surface area contributed by atoms with Crippen molar-refractivity contribution in [3.63, 3.8) is 0 Å². The number of ether oxygens (including phenoxy) is 1. The molecule has 0 aliphatic carbocycles. The number of nitro benzene ring substituents is 1. The number of nitrogens with zero attached hydrogens (tertiary/aromatic N) is 2. The van der Waals surface area contributed by atoms with Crippen molar-refractivity contribution in [2.45, 2.75) is 19.8 Å². The lowest BCUT2D eigenvalue weighted by molar-refractivity contribution is -0.384. The summed E-state index contributed by atoms with van der Waals surface area (Å²) in [6.45, 7) is 2.38. The number of amides is 1. The number of hydrogen-bond donors (Lipinski definition) is 2. The van der Waals surface area contributed by atoms with E-state index in [4.69, 9.17) is 4.74 Å². The van der Waals surface area contributed by atoms with E-state index in [1.807, 2.05) is 6.92 Å². The Bertz CT molecular complexity index is 1080. The Hall–Kier alpha value is -3.66. The molecule has 31 heavy (non-hydrogen) atoms. The number of rotatable bonds is 7.